The number of nitrogens with zero attached hydrogens (tertiary/aromatic N) is 2. The Morgan fingerprint density at radius 2 is 1.90 bits per heavy atom. The zero-order valence-corrected chi connectivity index (χ0v) is 9.87. The Labute approximate surface area is 111 Å². The number of anilines is 2. The third-order valence-corrected chi connectivity index (χ3v) is 2.45. The lowest BCUT2D eigenvalue weighted by Crippen LogP contribution is -2.06. The molecule has 3 nitrogen and oxygen atoms in total. The first kappa shape index (κ1) is 13.8. The third kappa shape index (κ3) is 3.03. The second-order valence-electron chi connectivity index (χ2n) is 3.84. The number of rotatable bonds is 2. The van der Waals surface area contributed by atoms with E-state index in [9.17, 15) is 17.6 Å². The van der Waals surface area contributed by atoms with Crippen LogP contribution in [0.1, 0.15) is 11.1 Å². The fraction of sp³-hybridized carbons (Fsp3) is 0.0769. The molecule has 2 rings (SSSR count). The van der Waals surface area contributed by atoms with Crippen LogP contribution in [0.3, 0.4) is 0 Å². The van der Waals surface area contributed by atoms with Crippen molar-refractivity contribution in [2.24, 2.45) is 0 Å². The van der Waals surface area contributed by atoms with Gasteiger partial charge in [-0.2, -0.15) is 22.8 Å². The molecule has 1 aromatic carbocycles. The van der Waals surface area contributed by atoms with Crippen LogP contribution in [0.4, 0.5) is 29.1 Å². The molecule has 1 N–H and O–H groups in total. The number of benzene rings is 1. The summed E-state index contributed by atoms with van der Waals surface area (Å²) < 4.78 is 50.5. The Hall–Kier alpha value is -2.62. The maximum atomic E-state index is 12.9. The van der Waals surface area contributed by atoms with Crippen LogP contribution >= 0.6 is 0 Å². The summed E-state index contributed by atoms with van der Waals surface area (Å²) in [5.41, 5.74) is -1.00. The van der Waals surface area contributed by atoms with Gasteiger partial charge in [0, 0.05) is 0 Å². The van der Waals surface area contributed by atoms with Gasteiger partial charge in [-0.15, -0.1) is 0 Å². The normalized spacial score (nSPS) is 10.9. The molecule has 0 fully saturated rings. The van der Waals surface area contributed by atoms with E-state index in [4.69, 9.17) is 5.26 Å². The second kappa shape index (κ2) is 5.17. The molecule has 0 aliphatic carbocycles. The molecular formula is C13H7F4N3. The van der Waals surface area contributed by atoms with Crippen molar-refractivity contribution in [1.29, 1.82) is 5.26 Å². The molecule has 0 spiro atoms. The minimum atomic E-state index is -4.53. The molecule has 1 heterocycles. The van der Waals surface area contributed by atoms with Crippen LogP contribution in [0.5, 0.6) is 0 Å². The molecule has 1 aromatic heterocycles. The van der Waals surface area contributed by atoms with Gasteiger partial charge in [-0.1, -0.05) is 6.07 Å². The number of hydrogen-bond acceptors (Lipinski definition) is 3. The van der Waals surface area contributed by atoms with Gasteiger partial charge in [0.15, 0.2) is 0 Å². The molecule has 7 heteroatoms. The number of pyridine rings is 1. The Kier molecular flexibility index (Phi) is 3.57. The molecule has 0 saturated heterocycles. The van der Waals surface area contributed by atoms with Gasteiger partial charge in [0.25, 0.3) is 0 Å². The Morgan fingerprint density at radius 1 is 1.15 bits per heavy atom. The lowest BCUT2D eigenvalue weighted by molar-refractivity contribution is -0.137. The summed E-state index contributed by atoms with van der Waals surface area (Å²) in [6.07, 6.45) is -4.53. The molecule has 0 atom stereocenters. The largest absolute Gasteiger partial charge is 0.416 e. The highest BCUT2D eigenvalue weighted by Gasteiger charge is 2.31. The molecule has 0 radical (unpaired) electrons. The van der Waals surface area contributed by atoms with Crippen molar-refractivity contribution in [2.45, 2.75) is 6.18 Å². The third-order valence-electron chi connectivity index (χ3n) is 2.45. The van der Waals surface area contributed by atoms with E-state index in [1.165, 1.54) is 12.1 Å². The van der Waals surface area contributed by atoms with Crippen LogP contribution in [-0.2, 0) is 6.18 Å². The number of halogens is 4. The van der Waals surface area contributed by atoms with E-state index in [2.05, 4.69) is 10.3 Å². The van der Waals surface area contributed by atoms with E-state index in [-0.39, 0.29) is 17.1 Å². The van der Waals surface area contributed by atoms with Crippen molar-refractivity contribution < 1.29 is 17.6 Å². The monoisotopic (exact) mass is 281 g/mol. The quantitative estimate of drug-likeness (QED) is 0.671. The van der Waals surface area contributed by atoms with Gasteiger partial charge in [0.1, 0.15) is 11.9 Å². The lowest BCUT2D eigenvalue weighted by atomic mass is 10.1. The number of aromatic nitrogens is 1. The standard InChI is InChI=1S/C13H7F4N3/c14-11-2-1-3-12(20-11)19-10-5-4-9(13(15,16)17)6-8(10)7-18/h1-6H,(H,19,20). The molecule has 0 saturated carbocycles. The Bertz CT molecular complexity index is 674. The summed E-state index contributed by atoms with van der Waals surface area (Å²) in [5.74, 6) is -0.637. The fourth-order valence-electron chi connectivity index (χ4n) is 1.54. The molecule has 20 heavy (non-hydrogen) atoms. The van der Waals surface area contributed by atoms with E-state index in [1.54, 1.807) is 6.07 Å². The SMILES string of the molecule is N#Cc1cc(C(F)(F)F)ccc1Nc1cccc(F)n1. The van der Waals surface area contributed by atoms with Gasteiger partial charge in [-0.3, -0.25) is 0 Å². The topological polar surface area (TPSA) is 48.7 Å². The second-order valence-corrected chi connectivity index (χ2v) is 3.84. The average molecular weight is 281 g/mol. The van der Waals surface area contributed by atoms with Crippen molar-refractivity contribution in [3.63, 3.8) is 0 Å². The van der Waals surface area contributed by atoms with Crippen molar-refractivity contribution in [1.82, 2.24) is 4.98 Å². The molecule has 0 unspecified atom stereocenters. The average Bonchev–Trinajstić information content (AvgIpc) is 2.38. The molecule has 2 aromatic rings. The van der Waals surface area contributed by atoms with Crippen molar-refractivity contribution in [3.05, 3.63) is 53.5 Å². The van der Waals surface area contributed by atoms with E-state index in [0.29, 0.717) is 0 Å². The van der Waals surface area contributed by atoms with E-state index in [1.807, 2.05) is 0 Å². The van der Waals surface area contributed by atoms with Gasteiger partial charge in [-0.25, -0.2) is 4.98 Å². The number of hydrogen-bond donors (Lipinski definition) is 1. The summed E-state index contributed by atoms with van der Waals surface area (Å²) in [7, 11) is 0. The first-order valence-electron chi connectivity index (χ1n) is 5.41. The number of nitrogens with one attached hydrogen (secondary N) is 1. The predicted molar refractivity (Wildman–Crippen MR) is 63.6 cm³/mol. The number of nitriles is 1. The molecule has 0 aliphatic rings. The van der Waals surface area contributed by atoms with Crippen LogP contribution in [0, 0.1) is 17.3 Å². The van der Waals surface area contributed by atoms with Gasteiger partial charge in [0.2, 0.25) is 5.95 Å². The first-order valence-corrected chi connectivity index (χ1v) is 5.41. The molecule has 102 valence electrons. The summed E-state index contributed by atoms with van der Waals surface area (Å²) in [6.45, 7) is 0. The van der Waals surface area contributed by atoms with Gasteiger partial charge in [0.05, 0.1) is 16.8 Å². The van der Waals surface area contributed by atoms with Crippen LogP contribution in [-0.4, -0.2) is 4.98 Å². The highest BCUT2D eigenvalue weighted by molar-refractivity contribution is 5.65. The predicted octanol–water partition coefficient (Wildman–Crippen LogP) is 3.85. The molecule has 0 bridgehead atoms. The van der Waals surface area contributed by atoms with Crippen LogP contribution in [0.15, 0.2) is 36.4 Å². The van der Waals surface area contributed by atoms with Crippen molar-refractivity contribution >= 4 is 11.5 Å². The smallest absolute Gasteiger partial charge is 0.339 e. The van der Waals surface area contributed by atoms with Gasteiger partial charge >= 0.3 is 6.18 Å². The Morgan fingerprint density at radius 3 is 2.50 bits per heavy atom. The number of alkyl halides is 3. The van der Waals surface area contributed by atoms with Crippen LogP contribution in [0.2, 0.25) is 0 Å². The fourth-order valence-corrected chi connectivity index (χ4v) is 1.54. The van der Waals surface area contributed by atoms with E-state index >= 15 is 0 Å². The van der Waals surface area contributed by atoms with Crippen molar-refractivity contribution in [2.75, 3.05) is 5.32 Å². The van der Waals surface area contributed by atoms with Crippen molar-refractivity contribution in [3.8, 4) is 6.07 Å². The highest BCUT2D eigenvalue weighted by Crippen LogP contribution is 2.32. The maximum absolute atomic E-state index is 12.9. The maximum Gasteiger partial charge on any atom is 0.416 e. The highest BCUT2D eigenvalue weighted by atomic mass is 19.4. The van der Waals surface area contributed by atoms with E-state index < -0.39 is 17.7 Å². The summed E-state index contributed by atoms with van der Waals surface area (Å²) in [4.78, 5) is 3.51. The molecular weight excluding hydrogens is 274 g/mol. The zero-order valence-electron chi connectivity index (χ0n) is 9.87. The van der Waals surface area contributed by atoms with Gasteiger partial charge < -0.3 is 5.32 Å². The van der Waals surface area contributed by atoms with Gasteiger partial charge in [-0.05, 0) is 30.3 Å². The molecule has 0 aliphatic heterocycles. The van der Waals surface area contributed by atoms with E-state index in [0.717, 1.165) is 24.3 Å². The lowest BCUT2D eigenvalue weighted by Gasteiger charge is -2.11. The van der Waals surface area contributed by atoms with Crippen LogP contribution in [0.25, 0.3) is 0 Å². The summed E-state index contributed by atoms with van der Waals surface area (Å²) >= 11 is 0. The summed E-state index contributed by atoms with van der Waals surface area (Å²) in [6, 6.07) is 8.27. The summed E-state index contributed by atoms with van der Waals surface area (Å²) in [5, 5.41) is 11.5. The minimum Gasteiger partial charge on any atom is -0.339 e. The molecule has 0 amide bonds. The zero-order chi connectivity index (χ0) is 14.8. The Balaban J connectivity index is 2.36. The first-order chi connectivity index (χ1) is 9.40. The van der Waals surface area contributed by atoms with Crippen LogP contribution < -0.4 is 5.32 Å². The minimum absolute atomic E-state index is 0.0984.